The molecule has 2 aromatic carbocycles. The molecular weight excluding hydrogens is 429 g/mol. The number of anilines is 1. The van der Waals surface area contributed by atoms with Crippen molar-refractivity contribution >= 4 is 29.3 Å². The predicted molar refractivity (Wildman–Crippen MR) is 123 cm³/mol. The van der Waals surface area contributed by atoms with Crippen LogP contribution in [-0.2, 0) is 11.3 Å². The number of hydrogen-bond acceptors (Lipinski definition) is 5. The minimum atomic E-state index is -0.361. The lowest BCUT2D eigenvalue weighted by atomic mass is 10.0. The van der Waals surface area contributed by atoms with Gasteiger partial charge in [0.15, 0.2) is 11.0 Å². The molecule has 3 rings (SSSR count). The number of nitrogens with zero attached hydrogens (tertiary/aromatic N) is 3. The van der Waals surface area contributed by atoms with E-state index in [1.807, 2.05) is 43.5 Å². The first-order chi connectivity index (χ1) is 15.4. The summed E-state index contributed by atoms with van der Waals surface area (Å²) in [5, 5.41) is 15.0. The number of nitrogens with one attached hydrogen (secondary N) is 2. The Kier molecular flexibility index (Phi) is 7.99. The van der Waals surface area contributed by atoms with E-state index in [1.54, 1.807) is 12.1 Å². The summed E-state index contributed by atoms with van der Waals surface area (Å²) in [5.41, 5.74) is 1.10. The second-order valence-electron chi connectivity index (χ2n) is 7.49. The van der Waals surface area contributed by atoms with Gasteiger partial charge in [-0.1, -0.05) is 43.8 Å². The molecule has 0 aliphatic carbocycles. The Morgan fingerprint density at radius 1 is 1.06 bits per heavy atom. The SMILES string of the molecule is CCn1c(SCC(=O)Nc2ccc(F)cc2)nnc1[C@@H](NC(=O)c1ccccc1)C(C)C. The van der Waals surface area contributed by atoms with E-state index in [1.165, 1.54) is 36.0 Å². The van der Waals surface area contributed by atoms with E-state index in [0.717, 1.165) is 0 Å². The Hall–Kier alpha value is -3.20. The first-order valence-electron chi connectivity index (χ1n) is 10.4. The molecule has 0 unspecified atom stereocenters. The summed E-state index contributed by atoms with van der Waals surface area (Å²) in [4.78, 5) is 25.0. The normalized spacial score (nSPS) is 11.9. The molecule has 0 radical (unpaired) electrons. The van der Waals surface area contributed by atoms with Crippen molar-refractivity contribution in [1.29, 1.82) is 0 Å². The lowest BCUT2D eigenvalue weighted by molar-refractivity contribution is -0.113. The van der Waals surface area contributed by atoms with Crippen LogP contribution >= 0.6 is 11.8 Å². The molecule has 0 fully saturated rings. The van der Waals surface area contributed by atoms with Crippen LogP contribution in [0, 0.1) is 11.7 Å². The Bertz CT molecular complexity index is 1050. The lowest BCUT2D eigenvalue weighted by Crippen LogP contribution is -2.33. The van der Waals surface area contributed by atoms with Gasteiger partial charge in [0, 0.05) is 17.8 Å². The second-order valence-corrected chi connectivity index (χ2v) is 8.43. The zero-order valence-corrected chi connectivity index (χ0v) is 19.0. The number of aromatic nitrogens is 3. The third-order valence-corrected chi connectivity index (χ3v) is 5.76. The molecule has 0 aliphatic rings. The third kappa shape index (κ3) is 5.94. The first-order valence-corrected chi connectivity index (χ1v) is 11.3. The molecule has 32 heavy (non-hydrogen) atoms. The van der Waals surface area contributed by atoms with Gasteiger partial charge in [-0.2, -0.15) is 0 Å². The molecule has 9 heteroatoms. The van der Waals surface area contributed by atoms with Crippen LogP contribution in [0.2, 0.25) is 0 Å². The Morgan fingerprint density at radius 3 is 2.38 bits per heavy atom. The van der Waals surface area contributed by atoms with Crippen molar-refractivity contribution in [2.75, 3.05) is 11.1 Å². The zero-order chi connectivity index (χ0) is 23.1. The van der Waals surface area contributed by atoms with Crippen LogP contribution in [0.4, 0.5) is 10.1 Å². The van der Waals surface area contributed by atoms with E-state index in [2.05, 4.69) is 20.8 Å². The lowest BCUT2D eigenvalue weighted by Gasteiger charge is -2.22. The smallest absolute Gasteiger partial charge is 0.251 e. The molecule has 0 aliphatic heterocycles. The fourth-order valence-corrected chi connectivity index (χ4v) is 3.95. The number of thioether (sulfide) groups is 1. The molecule has 0 saturated heterocycles. The number of amides is 2. The molecular formula is C23H26FN5O2S. The Balaban J connectivity index is 1.69. The summed E-state index contributed by atoms with van der Waals surface area (Å²) in [6, 6.07) is 14.3. The van der Waals surface area contributed by atoms with Crippen molar-refractivity contribution in [3.8, 4) is 0 Å². The predicted octanol–water partition coefficient (Wildman–Crippen LogP) is 4.30. The van der Waals surface area contributed by atoms with E-state index in [-0.39, 0.29) is 35.3 Å². The topological polar surface area (TPSA) is 88.9 Å². The summed E-state index contributed by atoms with van der Waals surface area (Å²) >= 11 is 1.26. The van der Waals surface area contributed by atoms with E-state index >= 15 is 0 Å². The quantitative estimate of drug-likeness (QED) is 0.470. The summed E-state index contributed by atoms with van der Waals surface area (Å²) in [5.74, 6) is 0.0811. The highest BCUT2D eigenvalue weighted by atomic mass is 32.2. The average Bonchev–Trinajstić information content (AvgIpc) is 3.20. The second kappa shape index (κ2) is 10.9. The maximum Gasteiger partial charge on any atom is 0.251 e. The summed E-state index contributed by atoms with van der Waals surface area (Å²) in [7, 11) is 0. The summed E-state index contributed by atoms with van der Waals surface area (Å²) < 4.78 is 14.9. The number of halogens is 1. The van der Waals surface area contributed by atoms with Gasteiger partial charge in [0.1, 0.15) is 5.82 Å². The third-order valence-electron chi connectivity index (χ3n) is 4.79. The molecule has 0 saturated carbocycles. The highest BCUT2D eigenvalue weighted by Crippen LogP contribution is 2.25. The van der Waals surface area contributed by atoms with Crippen molar-refractivity contribution < 1.29 is 14.0 Å². The van der Waals surface area contributed by atoms with Crippen molar-refractivity contribution in [1.82, 2.24) is 20.1 Å². The van der Waals surface area contributed by atoms with Gasteiger partial charge in [0.25, 0.3) is 5.91 Å². The molecule has 3 aromatic rings. The number of benzene rings is 2. The van der Waals surface area contributed by atoms with Crippen molar-refractivity contribution in [3.05, 3.63) is 71.8 Å². The van der Waals surface area contributed by atoms with E-state index < -0.39 is 0 Å². The zero-order valence-electron chi connectivity index (χ0n) is 18.2. The van der Waals surface area contributed by atoms with Gasteiger partial charge in [-0.25, -0.2) is 4.39 Å². The first kappa shape index (κ1) is 23.5. The van der Waals surface area contributed by atoms with Crippen molar-refractivity contribution in [2.45, 2.75) is 38.5 Å². The minimum Gasteiger partial charge on any atom is -0.342 e. The minimum absolute atomic E-state index is 0.0804. The highest BCUT2D eigenvalue weighted by Gasteiger charge is 2.26. The van der Waals surface area contributed by atoms with Gasteiger partial charge in [-0.15, -0.1) is 10.2 Å². The van der Waals surface area contributed by atoms with Gasteiger partial charge in [0.05, 0.1) is 11.8 Å². The molecule has 2 amide bonds. The summed E-state index contributed by atoms with van der Waals surface area (Å²) in [6.45, 7) is 6.57. The number of rotatable bonds is 9. The molecule has 7 nitrogen and oxygen atoms in total. The number of hydrogen-bond donors (Lipinski definition) is 2. The van der Waals surface area contributed by atoms with Gasteiger partial charge < -0.3 is 15.2 Å². The largest absolute Gasteiger partial charge is 0.342 e. The monoisotopic (exact) mass is 455 g/mol. The van der Waals surface area contributed by atoms with Gasteiger partial charge in [-0.3, -0.25) is 9.59 Å². The molecule has 2 N–H and O–H groups in total. The molecule has 1 atom stereocenters. The van der Waals surface area contributed by atoms with Crippen molar-refractivity contribution in [3.63, 3.8) is 0 Å². The van der Waals surface area contributed by atoms with Crippen molar-refractivity contribution in [2.24, 2.45) is 5.92 Å². The Morgan fingerprint density at radius 2 is 1.75 bits per heavy atom. The van der Waals surface area contributed by atoms with Crippen LogP contribution in [0.3, 0.4) is 0 Å². The van der Waals surface area contributed by atoms with Crippen LogP contribution < -0.4 is 10.6 Å². The van der Waals surface area contributed by atoms with Gasteiger partial charge in [0.2, 0.25) is 5.91 Å². The van der Waals surface area contributed by atoms with Gasteiger partial charge >= 0.3 is 0 Å². The maximum absolute atomic E-state index is 13.0. The number of carbonyl (C=O) groups excluding carboxylic acids is 2. The highest BCUT2D eigenvalue weighted by molar-refractivity contribution is 7.99. The average molecular weight is 456 g/mol. The maximum atomic E-state index is 13.0. The molecule has 1 aromatic heterocycles. The van der Waals surface area contributed by atoms with Crippen LogP contribution in [0.25, 0.3) is 0 Å². The molecule has 0 bridgehead atoms. The van der Waals surface area contributed by atoms with Crippen LogP contribution in [0.15, 0.2) is 59.8 Å². The van der Waals surface area contributed by atoms with Crippen LogP contribution in [0.1, 0.15) is 43.0 Å². The Labute approximate surface area is 190 Å². The number of carbonyl (C=O) groups is 2. The molecule has 0 spiro atoms. The van der Waals surface area contributed by atoms with Crippen LogP contribution in [-0.4, -0.2) is 32.3 Å². The summed E-state index contributed by atoms with van der Waals surface area (Å²) in [6.07, 6.45) is 0. The van der Waals surface area contributed by atoms with Crippen LogP contribution in [0.5, 0.6) is 0 Å². The van der Waals surface area contributed by atoms with Gasteiger partial charge in [-0.05, 0) is 49.2 Å². The fourth-order valence-electron chi connectivity index (χ4n) is 3.14. The van der Waals surface area contributed by atoms with E-state index in [0.29, 0.717) is 28.8 Å². The standard InChI is InChI=1S/C23H26FN5O2S/c1-4-29-21(20(15(2)3)26-22(31)16-8-6-5-7-9-16)27-28-23(29)32-14-19(30)25-18-12-10-17(24)11-13-18/h5-13,15,20H,4,14H2,1-3H3,(H,25,30)(H,26,31)/t20-/m0/s1. The van der Waals surface area contributed by atoms with E-state index in [9.17, 15) is 14.0 Å². The molecule has 1 heterocycles. The molecule has 168 valence electrons. The van der Waals surface area contributed by atoms with E-state index in [4.69, 9.17) is 0 Å². The fraction of sp³-hybridized carbons (Fsp3) is 0.304.